The van der Waals surface area contributed by atoms with Crippen LogP contribution in [0.1, 0.15) is 127 Å². The van der Waals surface area contributed by atoms with Crippen molar-refractivity contribution in [3.05, 3.63) is 131 Å². The van der Waals surface area contributed by atoms with Crippen LogP contribution >= 0.6 is 0 Å². The fourth-order valence-corrected chi connectivity index (χ4v) is 7.87. The van der Waals surface area contributed by atoms with Gasteiger partial charge in [0.15, 0.2) is 18.2 Å². The van der Waals surface area contributed by atoms with Gasteiger partial charge in [0, 0.05) is 40.7 Å². The van der Waals surface area contributed by atoms with Crippen LogP contribution in [-0.2, 0) is 33.3 Å². The molecule has 12 heteroatoms. The molecular formula is C56H74O12. The maximum atomic E-state index is 13.2. The van der Waals surface area contributed by atoms with E-state index in [1.54, 1.807) is 86.6 Å². The number of hydrogen-bond donors (Lipinski definition) is 1. The van der Waals surface area contributed by atoms with E-state index in [1.807, 2.05) is 77.9 Å². The minimum Gasteiger partial charge on any atom is -0.486 e. The Morgan fingerprint density at radius 1 is 0.529 bits per heavy atom. The second-order valence-corrected chi connectivity index (χ2v) is 20.2. The van der Waals surface area contributed by atoms with E-state index in [4.69, 9.17) is 33.2 Å². The monoisotopic (exact) mass is 939 g/mol. The predicted molar refractivity (Wildman–Crippen MR) is 263 cm³/mol. The van der Waals surface area contributed by atoms with Gasteiger partial charge in [-0.3, -0.25) is 14.4 Å². The second kappa shape index (κ2) is 25.4. The minimum absolute atomic E-state index is 0.0998. The molecule has 0 aromatic heterocycles. The molecule has 1 N–H and O–H groups in total. The molecule has 0 bridgehead atoms. The normalized spacial score (nSPS) is 13.2. The van der Waals surface area contributed by atoms with E-state index >= 15 is 0 Å². The minimum atomic E-state index is -1.17. The van der Waals surface area contributed by atoms with Crippen molar-refractivity contribution in [1.82, 2.24) is 0 Å². The number of aliphatic hydroxyl groups excluding tert-OH is 1. The first-order chi connectivity index (χ1) is 32.0. The molecule has 12 nitrogen and oxygen atoms in total. The summed E-state index contributed by atoms with van der Waals surface area (Å²) in [6.45, 7) is 19.8. The van der Waals surface area contributed by atoms with Gasteiger partial charge in [0.25, 0.3) is 0 Å². The molecule has 4 aromatic rings. The zero-order valence-electron chi connectivity index (χ0n) is 41.9. The molecule has 0 saturated heterocycles. The molecule has 370 valence electrons. The van der Waals surface area contributed by atoms with Crippen LogP contribution in [0, 0.1) is 11.3 Å². The van der Waals surface area contributed by atoms with E-state index in [9.17, 15) is 24.3 Å². The fourth-order valence-electron chi connectivity index (χ4n) is 7.87. The first kappa shape index (κ1) is 55.4. The number of aliphatic hydroxyl groups is 1. The number of carbonyl (C=O) groups excluding carboxylic acids is 4. The SMILES string of the molecule is CC(C)CCOC(C)(C)CC(CO)(COCCOC(C)(C)C(=O)COc1ccc(C(=O)c2ccccc2)cc1)CC(C)(C)OCCC(C)(C)OC(=O)COc1ccc(C(=O)c2ccccc2)cc1. The molecule has 0 aliphatic rings. The van der Waals surface area contributed by atoms with Gasteiger partial charge >= 0.3 is 5.97 Å². The third-order valence-electron chi connectivity index (χ3n) is 11.5. The van der Waals surface area contributed by atoms with Crippen LogP contribution in [0.4, 0.5) is 0 Å². The first-order valence-corrected chi connectivity index (χ1v) is 23.5. The molecule has 68 heavy (non-hydrogen) atoms. The van der Waals surface area contributed by atoms with Crippen molar-refractivity contribution in [2.75, 3.05) is 52.9 Å². The van der Waals surface area contributed by atoms with E-state index in [0.29, 0.717) is 65.5 Å². The third-order valence-corrected chi connectivity index (χ3v) is 11.5. The average molecular weight is 939 g/mol. The van der Waals surface area contributed by atoms with Gasteiger partial charge < -0.3 is 38.3 Å². The molecule has 0 heterocycles. The molecule has 1 atom stereocenters. The summed E-state index contributed by atoms with van der Waals surface area (Å²) in [5.41, 5.74) is -1.95. The van der Waals surface area contributed by atoms with Gasteiger partial charge in [-0.05, 0) is 129 Å². The predicted octanol–water partition coefficient (Wildman–Crippen LogP) is 10.1. The largest absolute Gasteiger partial charge is 0.486 e. The van der Waals surface area contributed by atoms with Crippen molar-refractivity contribution in [3.63, 3.8) is 0 Å². The summed E-state index contributed by atoms with van der Waals surface area (Å²) >= 11 is 0. The third kappa shape index (κ3) is 18.7. The molecule has 1 unspecified atom stereocenters. The maximum Gasteiger partial charge on any atom is 0.344 e. The number of hydrogen-bond acceptors (Lipinski definition) is 12. The average Bonchev–Trinajstić information content (AvgIpc) is 3.29. The van der Waals surface area contributed by atoms with Gasteiger partial charge in [-0.25, -0.2) is 4.79 Å². The first-order valence-electron chi connectivity index (χ1n) is 23.5. The number of benzene rings is 4. The Kier molecular flexibility index (Phi) is 20.7. The van der Waals surface area contributed by atoms with Crippen LogP contribution < -0.4 is 9.47 Å². The number of rotatable bonds is 31. The molecule has 0 fully saturated rings. The lowest BCUT2D eigenvalue weighted by Gasteiger charge is -2.43. The maximum absolute atomic E-state index is 13.2. The van der Waals surface area contributed by atoms with Gasteiger partial charge in [0.2, 0.25) is 5.78 Å². The summed E-state index contributed by atoms with van der Waals surface area (Å²) in [5, 5.41) is 11.1. The lowest BCUT2D eigenvalue weighted by Crippen LogP contribution is -2.46. The lowest BCUT2D eigenvalue weighted by atomic mass is 9.72. The van der Waals surface area contributed by atoms with E-state index in [-0.39, 0.29) is 63.6 Å². The highest BCUT2D eigenvalue weighted by Gasteiger charge is 2.42. The molecule has 0 amide bonds. The van der Waals surface area contributed by atoms with Crippen LogP contribution in [0.3, 0.4) is 0 Å². The summed E-state index contributed by atoms with van der Waals surface area (Å²) in [5.74, 6) is 0.356. The molecular weight excluding hydrogens is 865 g/mol. The van der Waals surface area contributed by atoms with Crippen LogP contribution in [0.2, 0.25) is 0 Å². The topological polar surface area (TPSA) is 153 Å². The number of ether oxygens (including phenoxy) is 7. The summed E-state index contributed by atoms with van der Waals surface area (Å²) in [6, 6.07) is 31.3. The Hall–Kier alpha value is -5.24. The second-order valence-electron chi connectivity index (χ2n) is 20.2. The fraction of sp³-hybridized carbons (Fsp3) is 0.500. The quantitative estimate of drug-likeness (QED) is 0.0290. The zero-order valence-corrected chi connectivity index (χ0v) is 41.9. The Morgan fingerprint density at radius 2 is 0.985 bits per heavy atom. The molecule has 0 spiro atoms. The molecule has 4 aromatic carbocycles. The molecule has 0 saturated carbocycles. The molecule has 4 rings (SSSR count). The van der Waals surface area contributed by atoms with E-state index in [2.05, 4.69) is 13.8 Å². The Morgan fingerprint density at radius 3 is 1.46 bits per heavy atom. The molecule has 0 aliphatic carbocycles. The van der Waals surface area contributed by atoms with Crippen LogP contribution in [0.15, 0.2) is 109 Å². The van der Waals surface area contributed by atoms with E-state index in [1.165, 1.54) is 0 Å². The summed E-state index contributed by atoms with van der Waals surface area (Å²) in [7, 11) is 0. The Labute approximate surface area is 404 Å². The van der Waals surface area contributed by atoms with Crippen LogP contribution in [0.5, 0.6) is 11.5 Å². The van der Waals surface area contributed by atoms with Gasteiger partial charge in [-0.2, -0.15) is 0 Å². The van der Waals surface area contributed by atoms with Crippen LogP contribution in [-0.4, -0.2) is 104 Å². The summed E-state index contributed by atoms with van der Waals surface area (Å²) < 4.78 is 42.3. The van der Waals surface area contributed by atoms with Crippen molar-refractivity contribution in [1.29, 1.82) is 0 Å². The number of ketones is 3. The highest BCUT2D eigenvalue weighted by molar-refractivity contribution is 6.09. The molecule has 0 aliphatic heterocycles. The van der Waals surface area contributed by atoms with E-state index in [0.717, 1.165) is 6.42 Å². The highest BCUT2D eigenvalue weighted by atomic mass is 16.6. The van der Waals surface area contributed by atoms with E-state index < -0.39 is 33.8 Å². The van der Waals surface area contributed by atoms with Crippen molar-refractivity contribution in [3.8, 4) is 11.5 Å². The van der Waals surface area contributed by atoms with Crippen molar-refractivity contribution >= 4 is 23.3 Å². The summed E-state index contributed by atoms with van der Waals surface area (Å²) in [4.78, 5) is 51.6. The summed E-state index contributed by atoms with van der Waals surface area (Å²) in [6.07, 6.45) is 2.18. The molecule has 0 radical (unpaired) electrons. The zero-order chi connectivity index (χ0) is 50.0. The van der Waals surface area contributed by atoms with Crippen LogP contribution in [0.25, 0.3) is 0 Å². The number of carbonyl (C=O) groups is 4. The van der Waals surface area contributed by atoms with Gasteiger partial charge in [-0.1, -0.05) is 74.5 Å². The van der Waals surface area contributed by atoms with Crippen molar-refractivity contribution in [2.45, 2.75) is 117 Å². The van der Waals surface area contributed by atoms with Gasteiger partial charge in [0.1, 0.15) is 29.3 Å². The van der Waals surface area contributed by atoms with Crippen molar-refractivity contribution in [2.24, 2.45) is 11.3 Å². The van der Waals surface area contributed by atoms with Gasteiger partial charge in [-0.15, -0.1) is 0 Å². The Bertz CT molecular complexity index is 2180. The standard InChI is InChI=1S/C56H74O12/c1-41(2)29-31-65-53(5,6)37-56(39-57,40-62-33-34-67-55(9,10)48(58)35-63-46-25-21-44(22-26-46)50(60)42-17-13-11-14-18-42)38-54(7,8)66-32-30-52(3,4)68-49(59)36-64-47-27-23-45(24-28-47)51(61)43-19-15-12-16-20-43/h11-28,41,57H,29-40H2,1-10H3. The number of esters is 1. The smallest absolute Gasteiger partial charge is 0.344 e. The highest BCUT2D eigenvalue weighted by Crippen LogP contribution is 2.40. The van der Waals surface area contributed by atoms with Gasteiger partial charge in [0.05, 0.1) is 44.2 Å². The van der Waals surface area contributed by atoms with Crippen molar-refractivity contribution < 1.29 is 57.4 Å². The Balaban J connectivity index is 1.27. The lowest BCUT2D eigenvalue weighted by molar-refractivity contribution is -0.163. The number of Topliss-reactive ketones (excluding diaryl/α,β-unsaturated/α-hetero) is 1.